The van der Waals surface area contributed by atoms with Gasteiger partial charge in [0.1, 0.15) is 0 Å². The van der Waals surface area contributed by atoms with E-state index in [0.717, 1.165) is 20.3 Å². The fraction of sp³-hybridized carbons (Fsp3) is 0.891. The first-order valence-corrected chi connectivity index (χ1v) is 21.9. The molecule has 0 aromatic carbocycles. The van der Waals surface area contributed by atoms with Crippen LogP contribution in [0.25, 0.3) is 0 Å². The van der Waals surface area contributed by atoms with Crippen molar-refractivity contribution in [1.29, 1.82) is 0 Å². The number of esters is 5. The fourth-order valence-corrected chi connectivity index (χ4v) is 2.96. The summed E-state index contributed by atoms with van der Waals surface area (Å²) >= 11 is 0. The smallest absolute Gasteiger partial charge is 0.311 e. The van der Waals surface area contributed by atoms with Crippen molar-refractivity contribution in [3.8, 4) is 0 Å². The molecule has 0 aliphatic heterocycles. The summed E-state index contributed by atoms with van der Waals surface area (Å²) in [5, 5.41) is 0. The van der Waals surface area contributed by atoms with Crippen LogP contribution in [0.3, 0.4) is 0 Å². The van der Waals surface area contributed by atoms with E-state index < -0.39 is 83.1 Å². The second-order valence-electron chi connectivity index (χ2n) is 18.5. The van der Waals surface area contributed by atoms with Crippen molar-refractivity contribution in [2.75, 3.05) is 33.0 Å². The van der Waals surface area contributed by atoms with Gasteiger partial charge in [0, 0.05) is 25.7 Å². The molecule has 0 spiro atoms. The van der Waals surface area contributed by atoms with E-state index in [2.05, 4.69) is 9.47 Å². The van der Waals surface area contributed by atoms with Gasteiger partial charge in [0.05, 0.1) is 60.1 Å². The second-order valence-corrected chi connectivity index (χ2v) is 18.5. The van der Waals surface area contributed by atoms with Crippen LogP contribution in [0.4, 0.5) is 35.1 Å². The van der Waals surface area contributed by atoms with E-state index in [1.54, 1.807) is 55.4 Å². The molecule has 0 amide bonds. The van der Waals surface area contributed by atoms with Crippen molar-refractivity contribution in [3.63, 3.8) is 0 Å². The Labute approximate surface area is 379 Å². The summed E-state index contributed by atoms with van der Waals surface area (Å²) in [4.78, 5) is 56.1. The molecule has 0 aliphatic rings. The number of halogens is 8. The van der Waals surface area contributed by atoms with E-state index in [1.807, 2.05) is 55.4 Å². The van der Waals surface area contributed by atoms with Crippen LogP contribution >= 0.6 is 0 Å². The molecule has 0 unspecified atom stereocenters. The molecule has 10 nitrogen and oxygen atoms in total. The van der Waals surface area contributed by atoms with E-state index in [4.69, 9.17) is 14.2 Å². The Morgan fingerprint density at radius 2 is 0.547 bits per heavy atom. The molecule has 0 aliphatic carbocycles. The van der Waals surface area contributed by atoms with Crippen LogP contribution in [-0.2, 0) is 47.7 Å². The molecule has 18 heteroatoms. The number of carbonyl (C=O) groups excluding carboxylic acids is 5. The van der Waals surface area contributed by atoms with Crippen LogP contribution in [0.15, 0.2) is 0 Å². The van der Waals surface area contributed by atoms with Gasteiger partial charge in [-0.3, -0.25) is 24.0 Å². The summed E-state index contributed by atoms with van der Waals surface area (Å²) in [6.07, 6.45) is -3.04. The normalized spacial score (nSPS) is 12.1. The van der Waals surface area contributed by atoms with Crippen molar-refractivity contribution in [2.24, 2.45) is 27.1 Å². The summed E-state index contributed by atoms with van der Waals surface area (Å²) in [5.74, 6) is -7.27. The largest absolute Gasteiger partial charge is 0.466 e. The number of hydrogen-bond acceptors (Lipinski definition) is 10. The lowest BCUT2D eigenvalue weighted by molar-refractivity contribution is -0.156. The number of carbonyl (C=O) groups is 5. The lowest BCUT2D eigenvalue weighted by Gasteiger charge is -2.20. The van der Waals surface area contributed by atoms with Crippen molar-refractivity contribution in [2.45, 2.75) is 207 Å². The number of ether oxygens (including phenoxy) is 5. The van der Waals surface area contributed by atoms with Crippen molar-refractivity contribution >= 4 is 29.8 Å². The zero-order valence-electron chi connectivity index (χ0n) is 42.2. The SMILES string of the molecule is CCC(C)(C)C(=O)OCCC(C)(F)F.CCC(C)(C)C(=O)OCCC(C)(F)F.CCC(C)(C)C(=O)OCCC(F)F.CCC(C)(C)C(=O)OCCC(F)F.CCOC(=O)C(C)(C)CC. The minimum absolute atomic E-state index is 0.0995. The predicted molar refractivity (Wildman–Crippen MR) is 233 cm³/mol. The number of rotatable bonds is 23. The van der Waals surface area contributed by atoms with Crippen LogP contribution in [-0.4, -0.2) is 87.6 Å². The van der Waals surface area contributed by atoms with Gasteiger partial charge in [-0.05, 0) is 122 Å². The molecule has 0 heterocycles. The van der Waals surface area contributed by atoms with E-state index in [1.165, 1.54) is 0 Å². The third-order valence-corrected chi connectivity index (χ3v) is 10.1. The first kappa shape index (κ1) is 69.8. The maximum Gasteiger partial charge on any atom is 0.311 e. The van der Waals surface area contributed by atoms with Gasteiger partial charge in [-0.2, -0.15) is 0 Å². The van der Waals surface area contributed by atoms with Gasteiger partial charge < -0.3 is 23.7 Å². The average molecular weight is 949 g/mol. The van der Waals surface area contributed by atoms with E-state index in [9.17, 15) is 59.1 Å². The van der Waals surface area contributed by atoms with E-state index in [0.29, 0.717) is 32.3 Å². The lowest BCUT2D eigenvalue weighted by Crippen LogP contribution is -2.27. The third kappa shape index (κ3) is 39.2. The minimum Gasteiger partial charge on any atom is -0.466 e. The maximum absolute atomic E-state index is 12.4. The maximum atomic E-state index is 12.4. The number of alkyl halides is 8. The standard InChI is InChI=1S/2C10H18F2O2.2C9H16F2O2.C8H16O2/c2*1-5-9(2,3)8(13)14-7-6-10(4,11)12;2*1-4-9(2,3)8(12)13-6-5-7(10)11;1-5-8(3,4)7(9)10-6-2/h2*5-7H2,1-4H3;2*7H,4-6H2,1-3H3;5-6H2,1-4H3. The summed E-state index contributed by atoms with van der Waals surface area (Å²) < 4.78 is 120. The molecule has 0 rings (SSSR count). The van der Waals surface area contributed by atoms with Crippen LogP contribution in [0.2, 0.25) is 0 Å². The Kier molecular flexibility index (Phi) is 36.3. The van der Waals surface area contributed by atoms with Gasteiger partial charge in [-0.1, -0.05) is 34.6 Å². The summed E-state index contributed by atoms with van der Waals surface area (Å²) in [5.41, 5.74) is -2.60. The molecule has 0 fully saturated rings. The molecule has 0 aromatic heterocycles. The van der Waals surface area contributed by atoms with Crippen LogP contribution < -0.4 is 0 Å². The zero-order valence-corrected chi connectivity index (χ0v) is 42.2. The quantitative estimate of drug-likeness (QED) is 0.0554. The highest BCUT2D eigenvalue weighted by Gasteiger charge is 2.31. The monoisotopic (exact) mass is 949 g/mol. The first-order valence-electron chi connectivity index (χ1n) is 21.9. The van der Waals surface area contributed by atoms with Crippen molar-refractivity contribution in [3.05, 3.63) is 0 Å². The minimum atomic E-state index is -2.77. The second kappa shape index (κ2) is 33.3. The van der Waals surface area contributed by atoms with Crippen LogP contribution in [0.5, 0.6) is 0 Å². The molecule has 0 saturated carbocycles. The molecule has 0 atom stereocenters. The first-order chi connectivity index (χ1) is 28.7. The highest BCUT2D eigenvalue weighted by atomic mass is 19.3. The lowest BCUT2D eigenvalue weighted by atomic mass is 9.91. The Balaban J connectivity index is -0.000000228. The Morgan fingerprint density at radius 1 is 0.359 bits per heavy atom. The van der Waals surface area contributed by atoms with Gasteiger partial charge in [0.2, 0.25) is 24.7 Å². The van der Waals surface area contributed by atoms with Gasteiger partial charge in [0.25, 0.3) is 0 Å². The molecule has 0 N–H and O–H groups in total. The Bertz CT molecular complexity index is 1210. The Hall–Kier alpha value is -3.21. The molecule has 0 saturated heterocycles. The highest BCUT2D eigenvalue weighted by molar-refractivity contribution is 5.77. The highest BCUT2D eigenvalue weighted by Crippen LogP contribution is 2.26. The van der Waals surface area contributed by atoms with Crippen LogP contribution in [0.1, 0.15) is 182 Å². The molecule has 0 aromatic rings. The average Bonchev–Trinajstić information content (AvgIpc) is 3.17. The van der Waals surface area contributed by atoms with Crippen LogP contribution in [0, 0.1) is 27.1 Å². The molecule has 0 bridgehead atoms. The number of hydrogen-bond donors (Lipinski definition) is 0. The van der Waals surface area contributed by atoms with Gasteiger partial charge >= 0.3 is 29.8 Å². The van der Waals surface area contributed by atoms with Gasteiger partial charge in [-0.15, -0.1) is 0 Å². The fourth-order valence-electron chi connectivity index (χ4n) is 2.96. The summed E-state index contributed by atoms with van der Waals surface area (Å²) in [7, 11) is 0. The predicted octanol–water partition coefficient (Wildman–Crippen LogP) is 13.2. The Morgan fingerprint density at radius 3 is 0.703 bits per heavy atom. The van der Waals surface area contributed by atoms with E-state index in [-0.39, 0.29) is 50.7 Å². The third-order valence-electron chi connectivity index (χ3n) is 10.1. The van der Waals surface area contributed by atoms with E-state index >= 15 is 0 Å². The molecule has 0 radical (unpaired) electrons. The summed E-state index contributed by atoms with van der Waals surface area (Å²) in [6, 6.07) is 0. The molecule has 64 heavy (non-hydrogen) atoms. The van der Waals surface area contributed by atoms with Crippen molar-refractivity contribution < 1.29 is 82.8 Å². The topological polar surface area (TPSA) is 132 Å². The molecular weight excluding hydrogens is 864 g/mol. The molecule has 384 valence electrons. The molecular formula is C46H84F8O10. The zero-order chi connectivity index (χ0) is 52.0. The van der Waals surface area contributed by atoms with Gasteiger partial charge in [-0.25, -0.2) is 35.1 Å². The van der Waals surface area contributed by atoms with Crippen molar-refractivity contribution in [1.82, 2.24) is 0 Å². The van der Waals surface area contributed by atoms with Gasteiger partial charge in [0.15, 0.2) is 0 Å². The summed E-state index contributed by atoms with van der Waals surface area (Å²) in [6.45, 7) is 30.2.